The first-order valence-corrected chi connectivity index (χ1v) is 7.10. The maximum Gasteiger partial charge on any atom is 0.265 e. The van der Waals surface area contributed by atoms with Crippen molar-refractivity contribution < 1.29 is 4.79 Å². The molecule has 0 aliphatic heterocycles. The van der Waals surface area contributed by atoms with E-state index in [0.29, 0.717) is 5.69 Å². The largest absolute Gasteiger partial charge is 0.364 e. The molecule has 2 aromatic carbocycles. The number of primary amides is 1. The third-order valence-electron chi connectivity index (χ3n) is 3.51. The molecule has 2 heterocycles. The Balaban J connectivity index is 2.06. The van der Waals surface area contributed by atoms with E-state index in [1.54, 1.807) is 6.07 Å². The summed E-state index contributed by atoms with van der Waals surface area (Å²) in [5.74, 6) is -0.467. The minimum Gasteiger partial charge on any atom is -0.364 e. The molecule has 6 heteroatoms. The maximum atomic E-state index is 11.4. The number of nitrogens with two attached hydrogens (primary N) is 1. The molecule has 0 spiro atoms. The average Bonchev–Trinajstić information content (AvgIpc) is 3.12. The Bertz CT molecular complexity index is 986. The number of rotatable bonds is 2. The predicted octanol–water partition coefficient (Wildman–Crippen LogP) is 2.94. The molecular formula is C15H10N4OS. The van der Waals surface area contributed by atoms with E-state index in [4.69, 9.17) is 5.73 Å². The zero-order chi connectivity index (χ0) is 14.4. The summed E-state index contributed by atoms with van der Waals surface area (Å²) in [7, 11) is 0. The zero-order valence-electron chi connectivity index (χ0n) is 10.8. The fourth-order valence-corrected chi connectivity index (χ4v) is 3.10. The van der Waals surface area contributed by atoms with Gasteiger partial charge in [-0.3, -0.25) is 4.79 Å². The fourth-order valence-electron chi connectivity index (χ4n) is 2.55. The summed E-state index contributed by atoms with van der Waals surface area (Å²) >= 11 is 1.20. The lowest BCUT2D eigenvalue weighted by molar-refractivity contribution is 0.0996. The number of benzene rings is 2. The van der Waals surface area contributed by atoms with Crippen LogP contribution in [-0.2, 0) is 0 Å². The van der Waals surface area contributed by atoms with Crippen molar-refractivity contribution in [3.8, 4) is 11.1 Å². The van der Waals surface area contributed by atoms with Crippen LogP contribution in [0.4, 0.5) is 0 Å². The third kappa shape index (κ3) is 1.80. The van der Waals surface area contributed by atoms with Crippen molar-refractivity contribution in [2.24, 2.45) is 5.73 Å². The summed E-state index contributed by atoms with van der Waals surface area (Å²) in [6.45, 7) is 0. The molecule has 5 nitrogen and oxygen atoms in total. The Morgan fingerprint density at radius 2 is 1.90 bits per heavy atom. The number of hydrogen-bond acceptors (Lipinski definition) is 4. The summed E-state index contributed by atoms with van der Waals surface area (Å²) in [6, 6.07) is 13.6. The molecule has 4 aromatic rings. The van der Waals surface area contributed by atoms with Crippen LogP contribution in [0.15, 0.2) is 42.5 Å². The normalized spacial score (nSPS) is 11.2. The van der Waals surface area contributed by atoms with Gasteiger partial charge in [0.2, 0.25) is 0 Å². The molecule has 3 N–H and O–H groups in total. The molecule has 0 atom stereocenters. The van der Waals surface area contributed by atoms with Gasteiger partial charge >= 0.3 is 0 Å². The SMILES string of the molecule is NC(=O)c1cc2c(-c3cccc4nsnc34)cccc2[nH]1. The average molecular weight is 294 g/mol. The number of hydrogen-bond donors (Lipinski definition) is 2. The van der Waals surface area contributed by atoms with E-state index in [-0.39, 0.29) is 0 Å². The van der Waals surface area contributed by atoms with Gasteiger partial charge in [-0.15, -0.1) is 0 Å². The molecule has 0 saturated heterocycles. The summed E-state index contributed by atoms with van der Waals surface area (Å²) in [5, 5.41) is 0.951. The van der Waals surface area contributed by atoms with E-state index >= 15 is 0 Å². The van der Waals surface area contributed by atoms with Crippen molar-refractivity contribution in [3.05, 3.63) is 48.2 Å². The number of carbonyl (C=O) groups is 1. The Morgan fingerprint density at radius 3 is 2.76 bits per heavy atom. The van der Waals surface area contributed by atoms with Crippen LogP contribution in [0.1, 0.15) is 10.5 Å². The lowest BCUT2D eigenvalue weighted by Crippen LogP contribution is -2.10. The van der Waals surface area contributed by atoms with Gasteiger partial charge in [-0.1, -0.05) is 24.3 Å². The van der Waals surface area contributed by atoms with Crippen molar-refractivity contribution in [1.82, 2.24) is 13.7 Å². The molecule has 102 valence electrons. The van der Waals surface area contributed by atoms with Crippen molar-refractivity contribution >= 4 is 39.6 Å². The molecule has 0 aliphatic rings. The number of nitrogens with one attached hydrogen (secondary N) is 1. The highest BCUT2D eigenvalue weighted by molar-refractivity contribution is 7.00. The van der Waals surface area contributed by atoms with Crippen LogP contribution >= 0.6 is 11.7 Å². The van der Waals surface area contributed by atoms with E-state index in [0.717, 1.165) is 33.1 Å². The maximum absolute atomic E-state index is 11.4. The molecule has 1 amide bonds. The molecule has 0 bridgehead atoms. The molecule has 4 rings (SSSR count). The van der Waals surface area contributed by atoms with Crippen LogP contribution in [-0.4, -0.2) is 19.6 Å². The van der Waals surface area contributed by atoms with E-state index in [1.165, 1.54) is 11.7 Å². The second-order valence-electron chi connectivity index (χ2n) is 4.75. The van der Waals surface area contributed by atoms with Crippen LogP contribution in [0.25, 0.3) is 33.1 Å². The molecule has 0 radical (unpaired) electrons. The standard InChI is InChI=1S/C15H10N4OS/c16-15(20)13-7-10-8(3-1-5-11(10)17-13)9-4-2-6-12-14(9)19-21-18-12/h1-7,17H,(H2,16,20). The van der Waals surface area contributed by atoms with Gasteiger partial charge in [0.1, 0.15) is 16.7 Å². The Kier molecular flexibility index (Phi) is 2.52. The van der Waals surface area contributed by atoms with E-state index < -0.39 is 5.91 Å². The van der Waals surface area contributed by atoms with Gasteiger partial charge < -0.3 is 10.7 Å². The van der Waals surface area contributed by atoms with Crippen LogP contribution < -0.4 is 5.73 Å². The highest BCUT2D eigenvalue weighted by Gasteiger charge is 2.13. The predicted molar refractivity (Wildman–Crippen MR) is 83.2 cm³/mol. The monoisotopic (exact) mass is 294 g/mol. The number of carbonyl (C=O) groups excluding carboxylic acids is 1. The summed E-state index contributed by atoms with van der Waals surface area (Å²) in [5.41, 5.74) is 10.4. The van der Waals surface area contributed by atoms with Crippen LogP contribution in [0.3, 0.4) is 0 Å². The van der Waals surface area contributed by atoms with Gasteiger partial charge in [-0.2, -0.15) is 8.75 Å². The summed E-state index contributed by atoms with van der Waals surface area (Å²) in [4.78, 5) is 14.4. The van der Waals surface area contributed by atoms with Gasteiger partial charge in [0, 0.05) is 16.5 Å². The number of amides is 1. The number of fused-ring (bicyclic) bond motifs is 2. The van der Waals surface area contributed by atoms with Crippen molar-refractivity contribution in [1.29, 1.82) is 0 Å². The van der Waals surface area contributed by atoms with Crippen molar-refractivity contribution in [2.75, 3.05) is 0 Å². The minimum absolute atomic E-state index is 0.404. The summed E-state index contributed by atoms with van der Waals surface area (Å²) in [6.07, 6.45) is 0. The lowest BCUT2D eigenvalue weighted by Gasteiger charge is -2.04. The van der Waals surface area contributed by atoms with Gasteiger partial charge in [-0.05, 0) is 23.8 Å². The molecule has 0 saturated carbocycles. The molecule has 0 unspecified atom stereocenters. The Labute approximate surface area is 123 Å². The fraction of sp³-hybridized carbons (Fsp3) is 0. The van der Waals surface area contributed by atoms with Crippen LogP contribution in [0.5, 0.6) is 0 Å². The summed E-state index contributed by atoms with van der Waals surface area (Å²) < 4.78 is 8.64. The van der Waals surface area contributed by atoms with Gasteiger partial charge in [0.05, 0.1) is 11.7 Å². The van der Waals surface area contributed by atoms with Gasteiger partial charge in [0.15, 0.2) is 0 Å². The smallest absolute Gasteiger partial charge is 0.265 e. The van der Waals surface area contributed by atoms with Gasteiger partial charge in [-0.25, -0.2) is 0 Å². The lowest BCUT2D eigenvalue weighted by atomic mass is 10.0. The number of nitrogens with zero attached hydrogens (tertiary/aromatic N) is 2. The van der Waals surface area contributed by atoms with Crippen molar-refractivity contribution in [3.63, 3.8) is 0 Å². The molecule has 21 heavy (non-hydrogen) atoms. The Hall–Kier alpha value is -2.73. The molecule has 0 fully saturated rings. The zero-order valence-corrected chi connectivity index (χ0v) is 11.6. The van der Waals surface area contributed by atoms with E-state index in [9.17, 15) is 4.79 Å². The Morgan fingerprint density at radius 1 is 1.10 bits per heavy atom. The first-order chi connectivity index (χ1) is 10.2. The second-order valence-corrected chi connectivity index (χ2v) is 5.28. The van der Waals surface area contributed by atoms with Crippen molar-refractivity contribution in [2.45, 2.75) is 0 Å². The van der Waals surface area contributed by atoms with Crippen LogP contribution in [0.2, 0.25) is 0 Å². The quantitative estimate of drug-likeness (QED) is 0.596. The highest BCUT2D eigenvalue weighted by atomic mass is 32.1. The van der Waals surface area contributed by atoms with Gasteiger partial charge in [0.25, 0.3) is 5.91 Å². The minimum atomic E-state index is -0.467. The first-order valence-electron chi connectivity index (χ1n) is 6.37. The topological polar surface area (TPSA) is 84.7 Å². The first kappa shape index (κ1) is 12.0. The third-order valence-corrected chi connectivity index (χ3v) is 4.05. The van der Waals surface area contributed by atoms with Crippen LogP contribution in [0, 0.1) is 0 Å². The molecule has 2 aromatic heterocycles. The number of aromatic nitrogens is 3. The second kappa shape index (κ2) is 4.39. The number of aromatic amines is 1. The highest BCUT2D eigenvalue weighted by Crippen LogP contribution is 2.33. The molecular weight excluding hydrogens is 284 g/mol. The molecule has 0 aliphatic carbocycles. The van der Waals surface area contributed by atoms with E-state index in [1.807, 2.05) is 36.4 Å². The van der Waals surface area contributed by atoms with E-state index in [2.05, 4.69) is 13.7 Å². The number of H-pyrrole nitrogens is 1.